The SMILES string of the molecule is COc1cccc(N(CC(=O)N/N=C\c2ccccc2OC)S(=O)(=O)c2ccccc2)c1. The summed E-state index contributed by atoms with van der Waals surface area (Å²) in [6, 6.07) is 21.5. The molecule has 0 saturated carbocycles. The fourth-order valence-electron chi connectivity index (χ4n) is 2.91. The zero-order valence-corrected chi connectivity index (χ0v) is 18.5. The van der Waals surface area contributed by atoms with Crippen molar-refractivity contribution in [1.29, 1.82) is 0 Å². The van der Waals surface area contributed by atoms with Gasteiger partial charge in [0.25, 0.3) is 15.9 Å². The van der Waals surface area contributed by atoms with Crippen molar-refractivity contribution in [3.8, 4) is 11.5 Å². The summed E-state index contributed by atoms with van der Waals surface area (Å²) < 4.78 is 38.1. The molecule has 0 aliphatic rings. The highest BCUT2D eigenvalue weighted by Gasteiger charge is 2.27. The van der Waals surface area contributed by atoms with Gasteiger partial charge in [-0.2, -0.15) is 5.10 Å². The second kappa shape index (κ2) is 10.5. The molecule has 8 nitrogen and oxygen atoms in total. The van der Waals surface area contributed by atoms with Crippen molar-refractivity contribution >= 4 is 27.8 Å². The van der Waals surface area contributed by atoms with Gasteiger partial charge in [0.1, 0.15) is 18.0 Å². The van der Waals surface area contributed by atoms with Crippen LogP contribution in [0.25, 0.3) is 0 Å². The van der Waals surface area contributed by atoms with Crippen molar-refractivity contribution in [2.45, 2.75) is 4.90 Å². The first-order chi connectivity index (χ1) is 15.5. The maximum absolute atomic E-state index is 13.3. The summed E-state index contributed by atoms with van der Waals surface area (Å²) in [5.74, 6) is 0.444. The summed E-state index contributed by atoms with van der Waals surface area (Å²) in [7, 11) is -1.00. The van der Waals surface area contributed by atoms with E-state index in [0.717, 1.165) is 4.31 Å². The average molecular weight is 454 g/mol. The molecule has 0 spiro atoms. The summed E-state index contributed by atoms with van der Waals surface area (Å²) in [5.41, 5.74) is 3.33. The van der Waals surface area contributed by atoms with Gasteiger partial charge in [0.05, 0.1) is 31.0 Å². The first-order valence-corrected chi connectivity index (χ1v) is 11.1. The van der Waals surface area contributed by atoms with Crippen molar-refractivity contribution < 1.29 is 22.7 Å². The number of ether oxygens (including phenoxy) is 2. The van der Waals surface area contributed by atoms with Crippen molar-refractivity contribution in [2.75, 3.05) is 25.1 Å². The van der Waals surface area contributed by atoms with E-state index in [0.29, 0.717) is 17.1 Å². The number of hydrazone groups is 1. The number of para-hydroxylation sites is 1. The quantitative estimate of drug-likeness (QED) is 0.397. The Balaban J connectivity index is 1.85. The number of methoxy groups -OCH3 is 2. The summed E-state index contributed by atoms with van der Waals surface area (Å²) in [5, 5.41) is 3.93. The number of benzene rings is 3. The maximum Gasteiger partial charge on any atom is 0.264 e. The van der Waals surface area contributed by atoms with Crippen LogP contribution in [0.15, 0.2) is 88.9 Å². The number of hydrogen-bond acceptors (Lipinski definition) is 6. The zero-order chi connectivity index (χ0) is 23.0. The molecule has 0 aliphatic heterocycles. The summed E-state index contributed by atoms with van der Waals surface area (Å²) in [4.78, 5) is 12.7. The Kier molecular flexibility index (Phi) is 7.45. The second-order valence-corrected chi connectivity index (χ2v) is 8.42. The molecule has 32 heavy (non-hydrogen) atoms. The highest BCUT2D eigenvalue weighted by molar-refractivity contribution is 7.92. The Morgan fingerprint density at radius 1 is 0.969 bits per heavy atom. The number of carbonyl (C=O) groups is 1. The lowest BCUT2D eigenvalue weighted by molar-refractivity contribution is -0.119. The predicted octanol–water partition coefficient (Wildman–Crippen LogP) is 3.05. The van der Waals surface area contributed by atoms with Crippen molar-refractivity contribution in [3.05, 3.63) is 84.4 Å². The number of carbonyl (C=O) groups excluding carboxylic acids is 1. The molecule has 166 valence electrons. The molecular formula is C23H23N3O5S. The molecule has 0 unspecified atom stereocenters. The lowest BCUT2D eigenvalue weighted by Gasteiger charge is -2.24. The number of anilines is 1. The number of nitrogens with zero attached hydrogens (tertiary/aromatic N) is 2. The van der Waals surface area contributed by atoms with Gasteiger partial charge in [-0.3, -0.25) is 9.10 Å². The number of nitrogens with one attached hydrogen (secondary N) is 1. The van der Waals surface area contributed by atoms with Crippen molar-refractivity contribution in [1.82, 2.24) is 5.43 Å². The minimum Gasteiger partial charge on any atom is -0.497 e. The number of hydrogen-bond donors (Lipinski definition) is 1. The molecule has 0 saturated heterocycles. The normalized spacial score (nSPS) is 11.2. The third-order valence-corrected chi connectivity index (χ3v) is 6.28. The zero-order valence-electron chi connectivity index (χ0n) is 17.6. The highest BCUT2D eigenvalue weighted by Crippen LogP contribution is 2.26. The maximum atomic E-state index is 13.3. The molecule has 1 amide bonds. The molecule has 0 heterocycles. The molecule has 1 N–H and O–H groups in total. The highest BCUT2D eigenvalue weighted by atomic mass is 32.2. The van der Waals surface area contributed by atoms with Crippen LogP contribution in [-0.4, -0.2) is 41.3 Å². The van der Waals surface area contributed by atoms with Gasteiger partial charge in [-0.25, -0.2) is 13.8 Å². The minimum absolute atomic E-state index is 0.0631. The fraction of sp³-hybridized carbons (Fsp3) is 0.130. The largest absolute Gasteiger partial charge is 0.497 e. The molecule has 9 heteroatoms. The standard InChI is InChI=1S/C23H23N3O5S/c1-30-20-11-8-10-19(15-20)26(32(28,29)21-12-4-3-5-13-21)17-23(27)25-24-16-18-9-6-7-14-22(18)31-2/h3-16H,17H2,1-2H3,(H,25,27)/b24-16-. The predicted molar refractivity (Wildman–Crippen MR) is 123 cm³/mol. The number of sulfonamides is 1. The Labute approximate surface area is 187 Å². The number of amides is 1. The second-order valence-electron chi connectivity index (χ2n) is 6.56. The molecule has 0 aromatic heterocycles. The van der Waals surface area contributed by atoms with E-state index < -0.39 is 22.5 Å². The van der Waals surface area contributed by atoms with Crippen LogP contribution in [0, 0.1) is 0 Å². The van der Waals surface area contributed by atoms with E-state index in [-0.39, 0.29) is 10.6 Å². The summed E-state index contributed by atoms with van der Waals surface area (Å²) in [6.07, 6.45) is 1.43. The van der Waals surface area contributed by atoms with Gasteiger partial charge >= 0.3 is 0 Å². The summed E-state index contributed by atoms with van der Waals surface area (Å²) in [6.45, 7) is -0.479. The van der Waals surface area contributed by atoms with Crippen LogP contribution < -0.4 is 19.2 Å². The van der Waals surface area contributed by atoms with Crippen LogP contribution in [0.2, 0.25) is 0 Å². The summed E-state index contributed by atoms with van der Waals surface area (Å²) >= 11 is 0. The molecule has 3 rings (SSSR count). The Bertz CT molecular complexity index is 1200. The van der Waals surface area contributed by atoms with Gasteiger partial charge in [-0.1, -0.05) is 36.4 Å². The molecule has 3 aromatic rings. The van der Waals surface area contributed by atoms with Gasteiger partial charge in [0, 0.05) is 11.6 Å². The van der Waals surface area contributed by atoms with Crippen molar-refractivity contribution in [3.63, 3.8) is 0 Å². The Hall–Kier alpha value is -3.85. The van der Waals surface area contributed by atoms with Crippen LogP contribution in [0.3, 0.4) is 0 Å². The smallest absolute Gasteiger partial charge is 0.264 e. The lowest BCUT2D eigenvalue weighted by atomic mass is 10.2. The van der Waals surface area contributed by atoms with Gasteiger partial charge in [-0.05, 0) is 36.4 Å². The molecule has 3 aromatic carbocycles. The van der Waals surface area contributed by atoms with Gasteiger partial charge in [0.15, 0.2) is 0 Å². The molecule has 0 bridgehead atoms. The Morgan fingerprint density at radius 2 is 1.69 bits per heavy atom. The van der Waals surface area contributed by atoms with Crippen LogP contribution in [0.1, 0.15) is 5.56 Å². The average Bonchev–Trinajstić information content (AvgIpc) is 2.83. The van der Waals surface area contributed by atoms with Gasteiger partial charge in [0.2, 0.25) is 0 Å². The van der Waals surface area contributed by atoms with E-state index in [1.165, 1.54) is 32.6 Å². The topological polar surface area (TPSA) is 97.3 Å². The third kappa shape index (κ3) is 5.44. The van der Waals surface area contributed by atoms with Crippen LogP contribution in [-0.2, 0) is 14.8 Å². The van der Waals surface area contributed by atoms with Crippen LogP contribution >= 0.6 is 0 Å². The van der Waals surface area contributed by atoms with Gasteiger partial charge < -0.3 is 9.47 Å². The Morgan fingerprint density at radius 3 is 2.41 bits per heavy atom. The van der Waals surface area contributed by atoms with Crippen LogP contribution in [0.4, 0.5) is 5.69 Å². The van der Waals surface area contributed by atoms with E-state index in [1.54, 1.807) is 54.6 Å². The first kappa shape index (κ1) is 22.8. The van der Waals surface area contributed by atoms with E-state index in [4.69, 9.17) is 9.47 Å². The third-order valence-electron chi connectivity index (χ3n) is 4.49. The fourth-order valence-corrected chi connectivity index (χ4v) is 4.35. The molecule has 0 aliphatic carbocycles. The van der Waals surface area contributed by atoms with Gasteiger partial charge in [-0.15, -0.1) is 0 Å². The minimum atomic E-state index is -4.02. The molecular weight excluding hydrogens is 430 g/mol. The van der Waals surface area contributed by atoms with E-state index >= 15 is 0 Å². The van der Waals surface area contributed by atoms with E-state index in [1.807, 2.05) is 12.1 Å². The lowest BCUT2D eigenvalue weighted by Crippen LogP contribution is -2.39. The monoisotopic (exact) mass is 453 g/mol. The van der Waals surface area contributed by atoms with Crippen molar-refractivity contribution in [2.24, 2.45) is 5.10 Å². The number of rotatable bonds is 9. The van der Waals surface area contributed by atoms with E-state index in [2.05, 4.69) is 10.5 Å². The van der Waals surface area contributed by atoms with E-state index in [9.17, 15) is 13.2 Å². The molecule has 0 radical (unpaired) electrons. The molecule has 0 atom stereocenters. The first-order valence-electron chi connectivity index (χ1n) is 9.62. The molecule has 0 fully saturated rings. The van der Waals surface area contributed by atoms with Crippen LogP contribution in [0.5, 0.6) is 11.5 Å².